The minimum Gasteiger partial charge on any atom is -0.291 e. The Hall–Kier alpha value is -5.47. The highest BCUT2D eigenvalue weighted by Gasteiger charge is 2.21. The van der Waals surface area contributed by atoms with Crippen LogP contribution in [0.5, 0.6) is 0 Å². The Morgan fingerprint density at radius 2 is 0.854 bits per heavy atom. The van der Waals surface area contributed by atoms with Crippen LogP contribution in [-0.4, -0.2) is 9.38 Å². The van der Waals surface area contributed by atoms with E-state index in [1.54, 1.807) is 0 Å². The van der Waals surface area contributed by atoms with Crippen LogP contribution in [0.2, 0.25) is 0 Å². The molecule has 0 atom stereocenters. The molecule has 0 saturated carbocycles. The number of aromatic nitrogens is 2. The molecule has 192 valence electrons. The quantitative estimate of drug-likeness (QED) is 0.210. The van der Waals surface area contributed by atoms with Crippen LogP contribution in [0.25, 0.3) is 72.1 Å². The first kappa shape index (κ1) is 23.4. The molecule has 0 unspecified atom stereocenters. The van der Waals surface area contributed by atoms with Crippen LogP contribution in [0, 0.1) is 0 Å². The molecule has 0 aliphatic rings. The third-order valence-electron chi connectivity index (χ3n) is 7.97. The van der Waals surface area contributed by atoms with E-state index in [-0.39, 0.29) is 0 Å². The molecule has 0 N–H and O–H groups in total. The predicted octanol–water partition coefficient (Wildman–Crippen LogP) is 10.3. The number of benzene rings is 6. The van der Waals surface area contributed by atoms with E-state index in [1.165, 1.54) is 33.0 Å². The van der Waals surface area contributed by atoms with Gasteiger partial charge < -0.3 is 0 Å². The van der Waals surface area contributed by atoms with Crippen molar-refractivity contribution < 1.29 is 0 Å². The van der Waals surface area contributed by atoms with Gasteiger partial charge in [0, 0.05) is 21.9 Å². The van der Waals surface area contributed by atoms with Crippen LogP contribution < -0.4 is 0 Å². The highest BCUT2D eigenvalue weighted by molar-refractivity contribution is 6.15. The molecule has 8 rings (SSSR count). The van der Waals surface area contributed by atoms with Crippen molar-refractivity contribution in [1.29, 1.82) is 0 Å². The second-order valence-electron chi connectivity index (χ2n) is 10.4. The molecule has 8 aromatic rings. The van der Waals surface area contributed by atoms with Crippen LogP contribution in [-0.2, 0) is 0 Å². The van der Waals surface area contributed by atoms with Gasteiger partial charge in [-0.25, -0.2) is 4.98 Å². The van der Waals surface area contributed by atoms with Crippen molar-refractivity contribution in [3.8, 4) is 44.8 Å². The molecular weight excluding hydrogens is 496 g/mol. The molecule has 0 fully saturated rings. The third-order valence-corrected chi connectivity index (χ3v) is 7.97. The fourth-order valence-corrected chi connectivity index (χ4v) is 6.02. The summed E-state index contributed by atoms with van der Waals surface area (Å²) in [6.45, 7) is 0. The molecular formula is C39H26N2. The van der Waals surface area contributed by atoms with E-state index in [9.17, 15) is 0 Å². The van der Waals surface area contributed by atoms with Gasteiger partial charge in [0.05, 0.1) is 16.9 Å². The maximum absolute atomic E-state index is 5.38. The molecule has 2 heteroatoms. The van der Waals surface area contributed by atoms with Gasteiger partial charge in [-0.05, 0) is 51.9 Å². The Morgan fingerprint density at radius 3 is 1.44 bits per heavy atom. The maximum atomic E-state index is 5.38. The first-order chi connectivity index (χ1) is 20.3. The van der Waals surface area contributed by atoms with Gasteiger partial charge in [-0.2, -0.15) is 0 Å². The van der Waals surface area contributed by atoms with Crippen molar-refractivity contribution in [3.63, 3.8) is 0 Å². The summed E-state index contributed by atoms with van der Waals surface area (Å²) in [6.07, 6.45) is 0. The molecule has 41 heavy (non-hydrogen) atoms. The molecule has 6 aromatic carbocycles. The Balaban J connectivity index is 1.54. The number of hydrogen-bond donors (Lipinski definition) is 0. The molecule has 2 heterocycles. The minimum absolute atomic E-state index is 0.970. The van der Waals surface area contributed by atoms with Gasteiger partial charge in [0.15, 0.2) is 0 Å². The SMILES string of the molecule is c1ccc(-c2ccc3c(c2)c2cc(-c4ccccc4)ccc2n2c(-c4ccccc4)c(-c4ccccc4)nc32)cc1. The van der Waals surface area contributed by atoms with E-state index < -0.39 is 0 Å². The number of pyridine rings is 1. The van der Waals surface area contributed by atoms with E-state index in [2.05, 4.69) is 162 Å². The van der Waals surface area contributed by atoms with E-state index in [4.69, 9.17) is 4.98 Å². The van der Waals surface area contributed by atoms with Crippen molar-refractivity contribution in [2.45, 2.75) is 0 Å². The summed E-state index contributed by atoms with van der Waals surface area (Å²) in [7, 11) is 0. The van der Waals surface area contributed by atoms with Crippen molar-refractivity contribution in [2.75, 3.05) is 0 Å². The summed E-state index contributed by atoms with van der Waals surface area (Å²) in [4.78, 5) is 5.38. The number of hydrogen-bond acceptors (Lipinski definition) is 1. The standard InChI is InChI=1S/C39H26N2/c1-5-13-27(14-6-1)31-21-23-33-34(25-31)35-26-32(28-15-7-2-8-16-28)22-24-36(35)41-38(30-19-11-4-12-20-30)37(40-39(33)41)29-17-9-3-10-18-29/h1-26H. The summed E-state index contributed by atoms with van der Waals surface area (Å²) < 4.78 is 2.37. The van der Waals surface area contributed by atoms with Gasteiger partial charge >= 0.3 is 0 Å². The van der Waals surface area contributed by atoms with Crippen molar-refractivity contribution >= 4 is 27.3 Å². The summed E-state index contributed by atoms with van der Waals surface area (Å²) in [5, 5.41) is 3.55. The van der Waals surface area contributed by atoms with Crippen molar-refractivity contribution in [2.24, 2.45) is 0 Å². The van der Waals surface area contributed by atoms with Gasteiger partial charge in [-0.3, -0.25) is 4.40 Å². The summed E-state index contributed by atoms with van der Waals surface area (Å²) in [5.74, 6) is 0. The zero-order valence-corrected chi connectivity index (χ0v) is 22.4. The molecule has 0 aliphatic carbocycles. The highest BCUT2D eigenvalue weighted by Crippen LogP contribution is 2.41. The minimum atomic E-state index is 0.970. The maximum Gasteiger partial charge on any atom is 0.146 e. The monoisotopic (exact) mass is 522 g/mol. The molecule has 0 saturated heterocycles. The van der Waals surface area contributed by atoms with Gasteiger partial charge in [0.2, 0.25) is 0 Å². The fourth-order valence-electron chi connectivity index (χ4n) is 6.02. The van der Waals surface area contributed by atoms with Crippen molar-refractivity contribution in [1.82, 2.24) is 9.38 Å². The molecule has 2 aromatic heterocycles. The average molecular weight is 523 g/mol. The fraction of sp³-hybridized carbons (Fsp3) is 0. The number of imidazole rings is 1. The molecule has 0 spiro atoms. The Morgan fingerprint density at radius 1 is 0.366 bits per heavy atom. The Kier molecular flexibility index (Phi) is 5.49. The molecule has 0 radical (unpaired) electrons. The Labute approximate surface area is 238 Å². The number of fused-ring (bicyclic) bond motifs is 6. The smallest absolute Gasteiger partial charge is 0.146 e. The number of nitrogens with zero attached hydrogens (tertiary/aromatic N) is 2. The topological polar surface area (TPSA) is 17.3 Å². The summed E-state index contributed by atoms with van der Waals surface area (Å²) in [6, 6.07) is 56.1. The van der Waals surface area contributed by atoms with Crippen LogP contribution in [0.3, 0.4) is 0 Å². The van der Waals surface area contributed by atoms with Gasteiger partial charge in [0.1, 0.15) is 5.65 Å². The van der Waals surface area contributed by atoms with Gasteiger partial charge in [-0.1, -0.05) is 133 Å². The van der Waals surface area contributed by atoms with Crippen LogP contribution >= 0.6 is 0 Å². The first-order valence-electron chi connectivity index (χ1n) is 14.0. The average Bonchev–Trinajstić information content (AvgIpc) is 3.47. The second-order valence-corrected chi connectivity index (χ2v) is 10.4. The second kappa shape index (κ2) is 9.62. The summed E-state index contributed by atoms with van der Waals surface area (Å²) in [5.41, 5.74) is 11.3. The third kappa shape index (κ3) is 3.92. The lowest BCUT2D eigenvalue weighted by Crippen LogP contribution is -1.95. The largest absolute Gasteiger partial charge is 0.291 e. The van der Waals surface area contributed by atoms with E-state index in [0.717, 1.165) is 39.1 Å². The number of rotatable bonds is 4. The normalized spacial score (nSPS) is 11.4. The lowest BCUT2D eigenvalue weighted by Gasteiger charge is -2.14. The highest BCUT2D eigenvalue weighted by atomic mass is 15.0. The van der Waals surface area contributed by atoms with Gasteiger partial charge in [0.25, 0.3) is 0 Å². The van der Waals surface area contributed by atoms with Crippen LogP contribution in [0.1, 0.15) is 0 Å². The Bertz CT molecular complexity index is 2160. The van der Waals surface area contributed by atoms with Crippen LogP contribution in [0.4, 0.5) is 0 Å². The zero-order chi connectivity index (χ0) is 27.2. The van der Waals surface area contributed by atoms with E-state index in [1.807, 2.05) is 0 Å². The van der Waals surface area contributed by atoms with Gasteiger partial charge in [-0.15, -0.1) is 0 Å². The van der Waals surface area contributed by atoms with E-state index >= 15 is 0 Å². The van der Waals surface area contributed by atoms with Crippen molar-refractivity contribution in [3.05, 3.63) is 158 Å². The summed E-state index contributed by atoms with van der Waals surface area (Å²) >= 11 is 0. The van der Waals surface area contributed by atoms with E-state index in [0.29, 0.717) is 0 Å². The molecule has 0 bridgehead atoms. The van der Waals surface area contributed by atoms with Crippen LogP contribution in [0.15, 0.2) is 158 Å². The molecule has 0 amide bonds. The molecule has 0 aliphatic heterocycles. The lowest BCUT2D eigenvalue weighted by molar-refractivity contribution is 1.27. The zero-order valence-electron chi connectivity index (χ0n) is 22.4. The predicted molar refractivity (Wildman–Crippen MR) is 172 cm³/mol. The molecule has 2 nitrogen and oxygen atoms in total. The lowest BCUT2D eigenvalue weighted by atomic mass is 9.96. The first-order valence-corrected chi connectivity index (χ1v) is 14.0.